The number of ether oxygens (including phenoxy) is 2. The molecule has 0 aliphatic carbocycles. The molecule has 2 aromatic carbocycles. The number of carbonyl (C=O) groups excluding carboxylic acids is 2. The van der Waals surface area contributed by atoms with E-state index in [1.54, 1.807) is 30.3 Å². The molecular weight excluding hydrogens is 452 g/mol. The smallest absolute Gasteiger partial charge is 0.379 e. The van der Waals surface area contributed by atoms with Crippen LogP contribution in [0.4, 0.5) is 0 Å². The van der Waals surface area contributed by atoms with Crippen molar-refractivity contribution in [3.63, 3.8) is 0 Å². The van der Waals surface area contributed by atoms with E-state index in [1.165, 1.54) is 18.5 Å². The standard InChI is InChI=1S/C22H19BrN2O5/c1-14-10-17(23)11-15(2)21(14)29-13-20(26)25-24-12-16-5-7-18(8-6-16)30-22(27)19-4-3-9-28-19/h3-12H,13H2,1-2H3,(H,25,26). The molecule has 1 amide bonds. The Hall–Kier alpha value is -3.39. The summed E-state index contributed by atoms with van der Waals surface area (Å²) >= 11 is 3.43. The largest absolute Gasteiger partial charge is 0.483 e. The molecule has 1 heterocycles. The van der Waals surface area contributed by atoms with Gasteiger partial charge in [-0.15, -0.1) is 0 Å². The number of benzene rings is 2. The molecule has 1 aromatic heterocycles. The minimum atomic E-state index is -0.579. The van der Waals surface area contributed by atoms with Crippen LogP contribution >= 0.6 is 15.9 Å². The summed E-state index contributed by atoms with van der Waals surface area (Å²) in [7, 11) is 0. The maximum atomic E-state index is 12.0. The molecule has 0 aliphatic heterocycles. The van der Waals surface area contributed by atoms with Gasteiger partial charge < -0.3 is 13.9 Å². The summed E-state index contributed by atoms with van der Waals surface area (Å²) in [6.45, 7) is 3.68. The van der Waals surface area contributed by atoms with Gasteiger partial charge in [-0.1, -0.05) is 15.9 Å². The van der Waals surface area contributed by atoms with Gasteiger partial charge >= 0.3 is 5.97 Å². The SMILES string of the molecule is Cc1cc(Br)cc(C)c1OCC(=O)NN=Cc1ccc(OC(=O)c2ccco2)cc1. The fraction of sp³-hybridized carbons (Fsp3) is 0.136. The lowest BCUT2D eigenvalue weighted by molar-refractivity contribution is -0.123. The van der Waals surface area contributed by atoms with Gasteiger partial charge in [0.2, 0.25) is 5.76 Å². The molecule has 3 rings (SSSR count). The first-order valence-corrected chi connectivity index (χ1v) is 9.79. The van der Waals surface area contributed by atoms with Gasteiger partial charge in [-0.25, -0.2) is 10.2 Å². The van der Waals surface area contributed by atoms with E-state index in [0.717, 1.165) is 15.6 Å². The van der Waals surface area contributed by atoms with E-state index in [2.05, 4.69) is 26.5 Å². The van der Waals surface area contributed by atoms with Crippen molar-refractivity contribution in [3.8, 4) is 11.5 Å². The van der Waals surface area contributed by atoms with E-state index in [4.69, 9.17) is 13.9 Å². The number of esters is 1. The zero-order valence-corrected chi connectivity index (χ0v) is 17.9. The van der Waals surface area contributed by atoms with Crippen LogP contribution in [0.25, 0.3) is 0 Å². The Morgan fingerprint density at radius 1 is 1.13 bits per heavy atom. The Morgan fingerprint density at radius 3 is 2.47 bits per heavy atom. The second-order valence-corrected chi connectivity index (χ2v) is 7.30. The third-order valence-electron chi connectivity index (χ3n) is 3.99. The second-order valence-electron chi connectivity index (χ2n) is 6.39. The highest BCUT2D eigenvalue weighted by Crippen LogP contribution is 2.27. The number of nitrogens with zero attached hydrogens (tertiary/aromatic N) is 1. The Balaban J connectivity index is 1.48. The highest BCUT2D eigenvalue weighted by molar-refractivity contribution is 9.10. The van der Waals surface area contributed by atoms with Crippen molar-refractivity contribution in [1.29, 1.82) is 0 Å². The number of hydrogen-bond acceptors (Lipinski definition) is 6. The van der Waals surface area contributed by atoms with Crippen molar-refractivity contribution < 1.29 is 23.5 Å². The molecule has 0 unspecified atom stereocenters. The Labute approximate surface area is 181 Å². The third-order valence-corrected chi connectivity index (χ3v) is 4.45. The summed E-state index contributed by atoms with van der Waals surface area (Å²) in [5.41, 5.74) is 5.00. The van der Waals surface area contributed by atoms with Gasteiger partial charge in [0.25, 0.3) is 5.91 Å². The van der Waals surface area contributed by atoms with Crippen molar-refractivity contribution in [1.82, 2.24) is 5.43 Å². The van der Waals surface area contributed by atoms with Gasteiger partial charge in [0.1, 0.15) is 11.5 Å². The second kappa shape index (κ2) is 9.89. The summed E-state index contributed by atoms with van der Waals surface area (Å²) in [5, 5.41) is 3.91. The van der Waals surface area contributed by atoms with Crippen LogP contribution in [-0.2, 0) is 4.79 Å². The van der Waals surface area contributed by atoms with Gasteiger partial charge in [0.15, 0.2) is 6.61 Å². The molecule has 0 saturated heterocycles. The van der Waals surface area contributed by atoms with E-state index >= 15 is 0 Å². The molecule has 30 heavy (non-hydrogen) atoms. The lowest BCUT2D eigenvalue weighted by Crippen LogP contribution is -2.25. The van der Waals surface area contributed by atoms with E-state index in [-0.39, 0.29) is 18.3 Å². The number of hydrazone groups is 1. The maximum Gasteiger partial charge on any atom is 0.379 e. The van der Waals surface area contributed by atoms with Gasteiger partial charge in [0.05, 0.1) is 12.5 Å². The molecular formula is C22H19BrN2O5. The number of aryl methyl sites for hydroxylation is 2. The van der Waals surface area contributed by atoms with Gasteiger partial charge in [-0.05, 0) is 79.1 Å². The maximum absolute atomic E-state index is 12.0. The number of nitrogens with one attached hydrogen (secondary N) is 1. The van der Waals surface area contributed by atoms with Gasteiger partial charge in [-0.2, -0.15) is 5.10 Å². The van der Waals surface area contributed by atoms with E-state index in [9.17, 15) is 9.59 Å². The first-order chi connectivity index (χ1) is 14.4. The van der Waals surface area contributed by atoms with Crippen molar-refractivity contribution in [2.45, 2.75) is 13.8 Å². The number of hydrogen-bond donors (Lipinski definition) is 1. The highest BCUT2D eigenvalue weighted by Gasteiger charge is 2.11. The Bertz CT molecular complexity index is 1040. The summed E-state index contributed by atoms with van der Waals surface area (Å²) in [6.07, 6.45) is 2.88. The summed E-state index contributed by atoms with van der Waals surface area (Å²) in [4.78, 5) is 23.8. The van der Waals surface area contributed by atoms with Crippen molar-refractivity contribution >= 4 is 34.0 Å². The van der Waals surface area contributed by atoms with Crippen LogP contribution in [0.3, 0.4) is 0 Å². The van der Waals surface area contributed by atoms with Crippen LogP contribution in [-0.4, -0.2) is 24.7 Å². The van der Waals surface area contributed by atoms with E-state index in [1.807, 2.05) is 26.0 Å². The minimum absolute atomic E-state index is 0.124. The molecule has 7 nitrogen and oxygen atoms in total. The van der Waals surface area contributed by atoms with Gasteiger partial charge in [-0.3, -0.25) is 4.79 Å². The molecule has 0 bridgehead atoms. The van der Waals surface area contributed by atoms with Crippen LogP contribution in [0, 0.1) is 13.8 Å². The van der Waals surface area contributed by atoms with Crippen LogP contribution in [0.2, 0.25) is 0 Å². The van der Waals surface area contributed by atoms with Crippen molar-refractivity contribution in [2.75, 3.05) is 6.61 Å². The molecule has 0 fully saturated rings. The topological polar surface area (TPSA) is 90.1 Å². The average molecular weight is 471 g/mol. The first-order valence-electron chi connectivity index (χ1n) is 8.99. The number of halogens is 1. The third kappa shape index (κ3) is 5.81. The summed E-state index contributed by atoms with van der Waals surface area (Å²) in [6, 6.07) is 13.6. The lowest BCUT2D eigenvalue weighted by Gasteiger charge is -2.11. The molecule has 154 valence electrons. The fourth-order valence-electron chi connectivity index (χ4n) is 2.65. The van der Waals surface area contributed by atoms with Crippen LogP contribution < -0.4 is 14.9 Å². The number of furan rings is 1. The molecule has 1 N–H and O–H groups in total. The molecule has 0 radical (unpaired) electrons. The monoisotopic (exact) mass is 470 g/mol. The summed E-state index contributed by atoms with van der Waals surface area (Å²) < 4.78 is 16.7. The van der Waals surface area contributed by atoms with Crippen molar-refractivity contribution in [3.05, 3.63) is 81.7 Å². The highest BCUT2D eigenvalue weighted by atomic mass is 79.9. The minimum Gasteiger partial charge on any atom is -0.483 e. The Kier molecular flexibility index (Phi) is 7.03. The number of carbonyl (C=O) groups is 2. The molecule has 0 spiro atoms. The molecule has 8 heteroatoms. The Morgan fingerprint density at radius 2 is 1.83 bits per heavy atom. The number of rotatable bonds is 7. The fourth-order valence-corrected chi connectivity index (χ4v) is 3.33. The quantitative estimate of drug-likeness (QED) is 0.239. The zero-order valence-electron chi connectivity index (χ0n) is 16.3. The van der Waals surface area contributed by atoms with Gasteiger partial charge in [0, 0.05) is 4.47 Å². The normalized spacial score (nSPS) is 10.8. The molecule has 3 aromatic rings. The average Bonchev–Trinajstić information content (AvgIpc) is 3.23. The molecule has 0 saturated carbocycles. The van der Waals surface area contributed by atoms with Crippen LogP contribution in [0.5, 0.6) is 11.5 Å². The zero-order chi connectivity index (χ0) is 21.5. The lowest BCUT2D eigenvalue weighted by atomic mass is 10.1. The van der Waals surface area contributed by atoms with E-state index < -0.39 is 5.97 Å². The summed E-state index contributed by atoms with van der Waals surface area (Å²) in [5.74, 6) is 0.212. The molecule has 0 aliphatic rings. The van der Waals surface area contributed by atoms with Crippen molar-refractivity contribution in [2.24, 2.45) is 5.10 Å². The van der Waals surface area contributed by atoms with E-state index in [0.29, 0.717) is 17.1 Å². The molecule has 0 atom stereocenters. The number of amides is 1. The predicted octanol–water partition coefficient (Wildman–Crippen LogP) is 4.41. The van der Waals surface area contributed by atoms with Crippen LogP contribution in [0.1, 0.15) is 27.2 Å². The predicted molar refractivity (Wildman–Crippen MR) is 115 cm³/mol. The van der Waals surface area contributed by atoms with Crippen LogP contribution in [0.15, 0.2) is 68.8 Å². The first kappa shape index (κ1) is 21.3.